The molecule has 0 bridgehead atoms. The predicted octanol–water partition coefficient (Wildman–Crippen LogP) is 3.12. The minimum Gasteiger partial charge on any atom is -0.364 e. The van der Waals surface area contributed by atoms with Gasteiger partial charge in [0.15, 0.2) is 0 Å². The summed E-state index contributed by atoms with van der Waals surface area (Å²) in [4.78, 5) is 19.3. The molecule has 7 heteroatoms. The molecule has 1 aliphatic rings. The summed E-state index contributed by atoms with van der Waals surface area (Å²) in [5, 5.41) is 17.5. The van der Waals surface area contributed by atoms with Crippen molar-refractivity contribution in [3.8, 4) is 0 Å². The first-order valence-electron chi connectivity index (χ1n) is 7.52. The normalized spacial score (nSPS) is 15.6. The quantitative estimate of drug-likeness (QED) is 0.565. The lowest BCUT2D eigenvalue weighted by atomic mass is 10.0. The summed E-state index contributed by atoms with van der Waals surface area (Å²) < 4.78 is 0. The zero-order chi connectivity index (χ0) is 15.5. The minimum atomic E-state index is -0.410. The highest BCUT2D eigenvalue weighted by molar-refractivity contribution is 5.61. The number of aromatic nitrogens is 2. The van der Waals surface area contributed by atoms with E-state index in [1.807, 2.05) is 6.92 Å². The molecule has 1 aromatic heterocycles. The number of nitrogens with one attached hydrogen (secondary N) is 2. The van der Waals surface area contributed by atoms with Gasteiger partial charge in [0, 0.05) is 13.1 Å². The van der Waals surface area contributed by atoms with Gasteiger partial charge < -0.3 is 10.6 Å². The van der Waals surface area contributed by atoms with E-state index in [1.165, 1.54) is 12.8 Å². The Kier molecular flexibility index (Phi) is 4.59. The fraction of sp³-hybridized carbons (Fsp3) is 0.714. The van der Waals surface area contributed by atoms with E-state index < -0.39 is 4.92 Å². The van der Waals surface area contributed by atoms with E-state index in [4.69, 9.17) is 0 Å². The average molecular weight is 293 g/mol. The molecule has 1 fully saturated rings. The molecule has 0 spiro atoms. The van der Waals surface area contributed by atoms with Gasteiger partial charge in [-0.15, -0.1) is 0 Å². The van der Waals surface area contributed by atoms with Gasteiger partial charge in [0.2, 0.25) is 11.8 Å². The highest BCUT2D eigenvalue weighted by Gasteiger charge is 2.40. The van der Waals surface area contributed by atoms with Crippen LogP contribution in [-0.2, 0) is 0 Å². The first-order chi connectivity index (χ1) is 10.0. The standard InChI is InChI=1S/C14H23N5O2/c1-4-8-15-13-17-10(3)11(19(20)21)12(18-13)16-9-14(5-2)6-7-14/h4-9H2,1-3H3,(H2,15,16,17,18). The van der Waals surface area contributed by atoms with Gasteiger partial charge in [-0.1, -0.05) is 13.8 Å². The van der Waals surface area contributed by atoms with Gasteiger partial charge in [-0.25, -0.2) is 4.98 Å². The average Bonchev–Trinajstić information content (AvgIpc) is 3.22. The van der Waals surface area contributed by atoms with Crippen LogP contribution in [0, 0.1) is 22.5 Å². The molecule has 0 radical (unpaired) electrons. The Morgan fingerprint density at radius 2 is 2.00 bits per heavy atom. The number of hydrogen-bond acceptors (Lipinski definition) is 6. The van der Waals surface area contributed by atoms with Gasteiger partial charge >= 0.3 is 5.69 Å². The largest absolute Gasteiger partial charge is 0.364 e. The SMILES string of the molecule is CCCNc1nc(C)c([N+](=O)[O-])c(NCC2(CC)CC2)n1. The van der Waals surface area contributed by atoms with Gasteiger partial charge in [-0.2, -0.15) is 4.98 Å². The van der Waals surface area contributed by atoms with Crippen LogP contribution in [0.1, 0.15) is 45.2 Å². The summed E-state index contributed by atoms with van der Waals surface area (Å²) in [7, 11) is 0. The van der Waals surface area contributed by atoms with Crippen LogP contribution in [0.4, 0.5) is 17.5 Å². The van der Waals surface area contributed by atoms with Crippen molar-refractivity contribution in [1.29, 1.82) is 0 Å². The van der Waals surface area contributed by atoms with Crippen LogP contribution in [0.5, 0.6) is 0 Å². The molecule has 0 aliphatic heterocycles. The molecule has 2 rings (SSSR count). The molecule has 0 atom stereocenters. The summed E-state index contributed by atoms with van der Waals surface area (Å²) in [6.07, 6.45) is 4.38. The van der Waals surface area contributed by atoms with Gasteiger partial charge in [-0.3, -0.25) is 10.1 Å². The van der Waals surface area contributed by atoms with Crippen molar-refractivity contribution in [3.63, 3.8) is 0 Å². The maximum atomic E-state index is 11.2. The lowest BCUT2D eigenvalue weighted by molar-refractivity contribution is -0.385. The van der Waals surface area contributed by atoms with Gasteiger partial charge in [0.1, 0.15) is 5.69 Å². The van der Waals surface area contributed by atoms with Crippen molar-refractivity contribution in [1.82, 2.24) is 9.97 Å². The van der Waals surface area contributed by atoms with E-state index in [0.29, 0.717) is 22.9 Å². The second-order valence-electron chi connectivity index (χ2n) is 5.72. The van der Waals surface area contributed by atoms with E-state index in [0.717, 1.165) is 25.9 Å². The maximum Gasteiger partial charge on any atom is 0.332 e. The molecule has 7 nitrogen and oxygen atoms in total. The van der Waals surface area contributed by atoms with E-state index in [9.17, 15) is 10.1 Å². The van der Waals surface area contributed by atoms with Crippen LogP contribution < -0.4 is 10.6 Å². The van der Waals surface area contributed by atoms with Gasteiger partial charge in [-0.05, 0) is 38.0 Å². The Morgan fingerprint density at radius 3 is 2.52 bits per heavy atom. The minimum absolute atomic E-state index is 0.0241. The Balaban J connectivity index is 2.22. The predicted molar refractivity (Wildman–Crippen MR) is 82.7 cm³/mol. The van der Waals surface area contributed by atoms with Crippen molar-refractivity contribution in [2.24, 2.45) is 5.41 Å². The van der Waals surface area contributed by atoms with Crippen LogP contribution >= 0.6 is 0 Å². The summed E-state index contributed by atoms with van der Waals surface area (Å²) in [6.45, 7) is 7.32. The van der Waals surface area contributed by atoms with E-state index in [-0.39, 0.29) is 5.69 Å². The van der Waals surface area contributed by atoms with Crippen LogP contribution in [0.2, 0.25) is 0 Å². The number of aryl methyl sites for hydroxylation is 1. The van der Waals surface area contributed by atoms with E-state index in [1.54, 1.807) is 6.92 Å². The molecular weight excluding hydrogens is 270 g/mol. The Bertz CT molecular complexity index is 528. The highest BCUT2D eigenvalue weighted by atomic mass is 16.6. The molecule has 21 heavy (non-hydrogen) atoms. The lowest BCUT2D eigenvalue weighted by Gasteiger charge is -2.15. The Hall–Kier alpha value is -1.92. The molecule has 116 valence electrons. The van der Waals surface area contributed by atoms with Crippen molar-refractivity contribution >= 4 is 17.5 Å². The molecule has 2 N–H and O–H groups in total. The van der Waals surface area contributed by atoms with Crippen LogP contribution in [-0.4, -0.2) is 28.0 Å². The maximum absolute atomic E-state index is 11.2. The molecule has 1 aliphatic carbocycles. The second-order valence-corrected chi connectivity index (χ2v) is 5.72. The van der Waals surface area contributed by atoms with Crippen molar-refractivity contribution in [2.75, 3.05) is 23.7 Å². The third-order valence-electron chi connectivity index (χ3n) is 4.11. The topological polar surface area (TPSA) is 93.0 Å². The van der Waals surface area contributed by atoms with Crippen LogP contribution in [0.25, 0.3) is 0 Å². The molecule has 1 aromatic rings. The fourth-order valence-corrected chi connectivity index (χ4v) is 2.33. The molecule has 0 amide bonds. The van der Waals surface area contributed by atoms with Crippen molar-refractivity contribution in [3.05, 3.63) is 15.8 Å². The van der Waals surface area contributed by atoms with Crippen molar-refractivity contribution in [2.45, 2.75) is 46.5 Å². The van der Waals surface area contributed by atoms with E-state index >= 15 is 0 Å². The summed E-state index contributed by atoms with van der Waals surface area (Å²) in [5.41, 5.74) is 0.658. The Morgan fingerprint density at radius 1 is 1.29 bits per heavy atom. The zero-order valence-corrected chi connectivity index (χ0v) is 12.9. The molecule has 0 saturated heterocycles. The van der Waals surface area contributed by atoms with Gasteiger partial charge in [0.25, 0.3) is 0 Å². The number of hydrogen-bond donors (Lipinski definition) is 2. The molecule has 0 unspecified atom stereocenters. The van der Waals surface area contributed by atoms with Crippen LogP contribution in [0.15, 0.2) is 0 Å². The zero-order valence-electron chi connectivity index (χ0n) is 12.9. The van der Waals surface area contributed by atoms with Crippen LogP contribution in [0.3, 0.4) is 0 Å². The third-order valence-corrected chi connectivity index (χ3v) is 4.11. The summed E-state index contributed by atoms with van der Waals surface area (Å²) in [6, 6.07) is 0. The lowest BCUT2D eigenvalue weighted by Crippen LogP contribution is -2.18. The Labute approximate surface area is 124 Å². The smallest absolute Gasteiger partial charge is 0.332 e. The highest BCUT2D eigenvalue weighted by Crippen LogP contribution is 2.48. The monoisotopic (exact) mass is 293 g/mol. The molecule has 0 aromatic carbocycles. The van der Waals surface area contributed by atoms with E-state index in [2.05, 4.69) is 27.5 Å². The molecule has 1 saturated carbocycles. The molecular formula is C14H23N5O2. The molecule has 1 heterocycles. The number of rotatable bonds is 8. The second kappa shape index (κ2) is 6.24. The third kappa shape index (κ3) is 3.59. The number of anilines is 2. The van der Waals surface area contributed by atoms with Gasteiger partial charge in [0.05, 0.1) is 4.92 Å². The first-order valence-corrected chi connectivity index (χ1v) is 7.52. The van der Waals surface area contributed by atoms with Crippen molar-refractivity contribution < 1.29 is 4.92 Å². The number of nitro groups is 1. The summed E-state index contributed by atoms with van der Waals surface area (Å²) >= 11 is 0. The number of nitrogens with zero attached hydrogens (tertiary/aromatic N) is 3. The summed E-state index contributed by atoms with van der Waals surface area (Å²) in [5.74, 6) is 0.773. The fourth-order valence-electron chi connectivity index (χ4n) is 2.33. The first kappa shape index (κ1) is 15.5.